The number of thiophene rings is 1. The van der Waals surface area contributed by atoms with E-state index >= 15 is 0 Å². The summed E-state index contributed by atoms with van der Waals surface area (Å²) in [5.74, 6) is 0.812. The average molecular weight is 474 g/mol. The smallest absolute Gasteiger partial charge is 0.423 e. The summed E-state index contributed by atoms with van der Waals surface area (Å²) < 4.78 is 6.50. The Bertz CT molecular complexity index is 1410. The van der Waals surface area contributed by atoms with E-state index < -0.39 is 13.0 Å². The molecule has 5 N–H and O–H groups in total. The second kappa shape index (κ2) is 9.15. The maximum absolute atomic E-state index is 11.9. The van der Waals surface area contributed by atoms with Crippen LogP contribution < -0.4 is 16.5 Å². The fourth-order valence-electron chi connectivity index (χ4n) is 4.25. The normalized spacial score (nSPS) is 13.0. The predicted molar refractivity (Wildman–Crippen MR) is 133 cm³/mol. The summed E-state index contributed by atoms with van der Waals surface area (Å²) in [6.07, 6.45) is 0.680. The van der Waals surface area contributed by atoms with E-state index in [4.69, 9.17) is 20.4 Å². The lowest BCUT2D eigenvalue weighted by atomic mass is 9.79. The zero-order valence-electron chi connectivity index (χ0n) is 18.5. The molecule has 0 radical (unpaired) electrons. The summed E-state index contributed by atoms with van der Waals surface area (Å²) in [6.45, 7) is 3.45. The second-order valence-corrected chi connectivity index (χ2v) is 9.40. The maximum atomic E-state index is 11.9. The molecule has 10 heteroatoms. The number of aryl methyl sites for hydroxylation is 1. The molecule has 2 aromatic heterocycles. The third-order valence-corrected chi connectivity index (χ3v) is 7.07. The number of amides is 1. The van der Waals surface area contributed by atoms with Crippen molar-refractivity contribution >= 4 is 45.7 Å². The first-order valence-corrected chi connectivity index (χ1v) is 11.7. The summed E-state index contributed by atoms with van der Waals surface area (Å²) >= 11 is 1.51. The van der Waals surface area contributed by atoms with Crippen LogP contribution in [0.3, 0.4) is 0 Å². The van der Waals surface area contributed by atoms with E-state index in [1.165, 1.54) is 11.3 Å². The molecular formula is C24H23BN4O4S. The number of hydrogen-bond acceptors (Lipinski definition) is 8. The minimum atomic E-state index is -1.52. The van der Waals surface area contributed by atoms with Crippen LogP contribution in [0.15, 0.2) is 42.5 Å². The highest BCUT2D eigenvalue weighted by atomic mass is 32.1. The van der Waals surface area contributed by atoms with Crippen molar-refractivity contribution in [1.29, 1.82) is 0 Å². The first-order chi connectivity index (χ1) is 16.4. The van der Waals surface area contributed by atoms with Crippen molar-refractivity contribution < 1.29 is 19.6 Å². The molecule has 1 aliphatic rings. The molecule has 34 heavy (non-hydrogen) atoms. The highest BCUT2D eigenvalue weighted by Gasteiger charge is 2.23. The number of nitrogens with one attached hydrogen (secondary N) is 1. The molecule has 2 aromatic carbocycles. The van der Waals surface area contributed by atoms with E-state index in [1.807, 2.05) is 25.1 Å². The number of ether oxygens (including phenoxy) is 1. The summed E-state index contributed by atoms with van der Waals surface area (Å²) in [6, 6.07) is 12.6. The van der Waals surface area contributed by atoms with Crippen LogP contribution in [0.2, 0.25) is 0 Å². The number of nitrogens with two attached hydrogens (primary N) is 1. The number of benzene rings is 2. The summed E-state index contributed by atoms with van der Waals surface area (Å²) in [5, 5.41) is 23.2. The zero-order valence-corrected chi connectivity index (χ0v) is 19.4. The van der Waals surface area contributed by atoms with E-state index in [9.17, 15) is 14.8 Å². The highest BCUT2D eigenvalue weighted by Crippen LogP contribution is 2.39. The van der Waals surface area contributed by atoms with Crippen LogP contribution in [0, 0.1) is 6.92 Å². The Labute approximate surface area is 200 Å². The van der Waals surface area contributed by atoms with E-state index in [0.29, 0.717) is 48.8 Å². The second-order valence-electron chi connectivity index (χ2n) is 8.18. The van der Waals surface area contributed by atoms with Gasteiger partial charge in [-0.25, -0.2) is 9.97 Å². The number of hydrogen-bond donors (Lipinski definition) is 4. The van der Waals surface area contributed by atoms with E-state index in [0.717, 1.165) is 37.3 Å². The third-order valence-electron chi connectivity index (χ3n) is 5.91. The number of nitrogens with zero attached hydrogens (tertiary/aromatic N) is 2. The van der Waals surface area contributed by atoms with Crippen molar-refractivity contribution in [2.24, 2.45) is 5.73 Å². The van der Waals surface area contributed by atoms with Gasteiger partial charge in [0.1, 0.15) is 5.82 Å². The summed E-state index contributed by atoms with van der Waals surface area (Å²) in [7, 11) is -1.52. The molecule has 0 saturated heterocycles. The largest absolute Gasteiger partial charge is 0.488 e. The van der Waals surface area contributed by atoms with Crippen molar-refractivity contribution in [2.45, 2.75) is 26.5 Å². The Morgan fingerprint density at radius 1 is 1.24 bits per heavy atom. The van der Waals surface area contributed by atoms with Crippen LogP contribution in [0.4, 0.5) is 5.82 Å². The minimum Gasteiger partial charge on any atom is -0.423 e. The van der Waals surface area contributed by atoms with Gasteiger partial charge in [0.2, 0.25) is 5.91 Å². The van der Waals surface area contributed by atoms with E-state index in [2.05, 4.69) is 5.32 Å². The van der Waals surface area contributed by atoms with Crippen LogP contribution in [-0.2, 0) is 24.3 Å². The highest BCUT2D eigenvalue weighted by molar-refractivity contribution is 7.20. The Morgan fingerprint density at radius 2 is 2.06 bits per heavy atom. The molecule has 1 aliphatic heterocycles. The van der Waals surface area contributed by atoms with Crippen LogP contribution in [-0.4, -0.2) is 39.6 Å². The fraction of sp³-hybridized carbons (Fsp3) is 0.208. The number of primary amides is 1. The standard InChI is InChI=1S/C24H23BN4O4S/c1-13-20(16-6-3-7-17(22(26)30)21(16)34-13)24-28-19-8-9-33-12-18(19)23(29-24)27-11-14-4-2-5-15(10-14)25(31)32/h2-7,10,31-32H,8-9,11-12H2,1H3,(H2,26,30)(H,27,28,29). The van der Waals surface area contributed by atoms with Gasteiger partial charge in [-0.15, -0.1) is 11.3 Å². The molecule has 172 valence electrons. The SMILES string of the molecule is Cc1sc2c(C(N)=O)cccc2c1-c1nc2c(c(NCc3cccc(B(O)O)c3)n1)COCC2. The lowest BCUT2D eigenvalue weighted by molar-refractivity contribution is 0.100. The van der Waals surface area contributed by atoms with E-state index in [-0.39, 0.29) is 0 Å². The molecule has 3 heterocycles. The monoisotopic (exact) mass is 474 g/mol. The van der Waals surface area contributed by atoms with Gasteiger partial charge in [0.15, 0.2) is 5.82 Å². The van der Waals surface area contributed by atoms with Crippen LogP contribution in [0.5, 0.6) is 0 Å². The number of anilines is 1. The topological polar surface area (TPSA) is 131 Å². The van der Waals surface area contributed by atoms with Gasteiger partial charge in [-0.1, -0.05) is 36.4 Å². The average Bonchev–Trinajstić information content (AvgIpc) is 3.18. The Balaban J connectivity index is 1.57. The quantitative estimate of drug-likeness (QED) is 0.315. The van der Waals surface area contributed by atoms with Crippen molar-refractivity contribution in [1.82, 2.24) is 9.97 Å². The Hall–Kier alpha value is -3.31. The van der Waals surface area contributed by atoms with Crippen LogP contribution in [0.1, 0.15) is 32.1 Å². The lowest BCUT2D eigenvalue weighted by Gasteiger charge is -2.20. The maximum Gasteiger partial charge on any atom is 0.488 e. The van der Waals surface area contributed by atoms with Gasteiger partial charge in [-0.3, -0.25) is 4.79 Å². The lowest BCUT2D eigenvalue weighted by Crippen LogP contribution is -2.30. The first-order valence-electron chi connectivity index (χ1n) is 10.9. The number of carbonyl (C=O) groups excluding carboxylic acids is 1. The molecule has 0 saturated carbocycles. The van der Waals surface area contributed by atoms with Gasteiger partial charge < -0.3 is 25.8 Å². The van der Waals surface area contributed by atoms with Gasteiger partial charge in [0.05, 0.1) is 24.5 Å². The predicted octanol–water partition coefficient (Wildman–Crippen LogP) is 2.13. The van der Waals surface area contributed by atoms with Crippen molar-refractivity contribution in [3.8, 4) is 11.4 Å². The fourth-order valence-corrected chi connectivity index (χ4v) is 5.42. The molecule has 0 bridgehead atoms. The van der Waals surface area contributed by atoms with Gasteiger partial charge in [-0.2, -0.15) is 0 Å². The molecule has 0 fully saturated rings. The Morgan fingerprint density at radius 3 is 2.85 bits per heavy atom. The molecule has 8 nitrogen and oxygen atoms in total. The van der Waals surface area contributed by atoms with Gasteiger partial charge in [0.25, 0.3) is 0 Å². The van der Waals surface area contributed by atoms with E-state index in [1.54, 1.807) is 24.3 Å². The molecule has 0 spiro atoms. The molecule has 5 rings (SSSR count). The van der Waals surface area contributed by atoms with Gasteiger partial charge >= 0.3 is 7.12 Å². The van der Waals surface area contributed by atoms with Crippen LogP contribution >= 0.6 is 11.3 Å². The third kappa shape index (κ3) is 4.16. The molecular weight excluding hydrogens is 451 g/mol. The van der Waals surface area contributed by atoms with Crippen molar-refractivity contribution in [2.75, 3.05) is 11.9 Å². The molecule has 0 aliphatic carbocycles. The number of aromatic nitrogens is 2. The Kier molecular flexibility index (Phi) is 6.05. The first kappa shape index (κ1) is 22.5. The van der Waals surface area contributed by atoms with Crippen molar-refractivity contribution in [3.05, 3.63) is 69.7 Å². The number of carbonyl (C=O) groups is 1. The molecule has 0 atom stereocenters. The number of rotatable bonds is 6. The van der Waals surface area contributed by atoms with Gasteiger partial charge in [0, 0.05) is 39.1 Å². The molecule has 4 aromatic rings. The van der Waals surface area contributed by atoms with Crippen molar-refractivity contribution in [3.63, 3.8) is 0 Å². The minimum absolute atomic E-state index is 0.419. The van der Waals surface area contributed by atoms with Gasteiger partial charge in [-0.05, 0) is 24.0 Å². The number of fused-ring (bicyclic) bond motifs is 2. The summed E-state index contributed by atoms with van der Waals surface area (Å²) in [4.78, 5) is 22.7. The molecule has 0 unspecified atom stereocenters. The summed E-state index contributed by atoms with van der Waals surface area (Å²) in [5.41, 5.74) is 10.2. The van der Waals surface area contributed by atoms with Crippen LogP contribution in [0.25, 0.3) is 21.5 Å². The molecule has 1 amide bonds. The zero-order chi connectivity index (χ0) is 23.8.